The first-order valence-corrected chi connectivity index (χ1v) is 9.85. The van der Waals surface area contributed by atoms with Crippen LogP contribution in [-0.4, -0.2) is 32.4 Å². The van der Waals surface area contributed by atoms with Crippen molar-refractivity contribution >= 4 is 30.8 Å². The zero-order valence-electron chi connectivity index (χ0n) is 17.8. The number of anilines is 1. The predicted octanol–water partition coefficient (Wildman–Crippen LogP) is 4.23. The summed E-state index contributed by atoms with van der Waals surface area (Å²) >= 11 is 6.01. The van der Waals surface area contributed by atoms with Gasteiger partial charge in [0, 0.05) is 5.82 Å². The van der Waals surface area contributed by atoms with Gasteiger partial charge in [0.25, 0.3) is 0 Å². The summed E-state index contributed by atoms with van der Waals surface area (Å²) < 4.78 is 63.8. The maximum Gasteiger partial charge on any atom is 2.00 e. The molecule has 0 spiro atoms. The second kappa shape index (κ2) is 11.2. The van der Waals surface area contributed by atoms with Gasteiger partial charge in [-0.25, -0.2) is 14.4 Å². The molecule has 7 nitrogen and oxygen atoms in total. The Kier molecular flexibility index (Phi) is 9.25. The molecule has 2 aromatic heterocycles. The summed E-state index contributed by atoms with van der Waals surface area (Å²) in [5, 5.41) is 19.3. The fourth-order valence-electron chi connectivity index (χ4n) is 3.06. The minimum Gasteiger partial charge on any atom is -0.674 e. The van der Waals surface area contributed by atoms with Gasteiger partial charge in [0.2, 0.25) is 0 Å². The number of aliphatic hydroxyl groups is 2. The quantitative estimate of drug-likeness (QED) is 0.129. The van der Waals surface area contributed by atoms with Gasteiger partial charge in [-0.3, -0.25) is 8.79 Å². The van der Waals surface area contributed by atoms with Gasteiger partial charge in [-0.15, -0.1) is 12.6 Å². The number of nitrogen functional groups attached to an aromatic ring is 1. The number of nitrogens with zero attached hydrogens (tertiary/aromatic N) is 3. The van der Waals surface area contributed by atoms with Crippen molar-refractivity contribution in [2.24, 2.45) is 0 Å². The van der Waals surface area contributed by atoms with E-state index in [4.69, 9.17) is 30.9 Å². The summed E-state index contributed by atoms with van der Waals surface area (Å²) in [7, 11) is 5.28. The molecule has 5 N–H and O–H groups in total. The monoisotopic (exact) mass is 693 g/mol. The summed E-state index contributed by atoms with van der Waals surface area (Å²) in [6.07, 6.45) is -3.36. The van der Waals surface area contributed by atoms with E-state index in [-0.39, 0.29) is 60.9 Å². The maximum atomic E-state index is 14.0. The molecule has 36 heavy (non-hydrogen) atoms. The van der Waals surface area contributed by atoms with E-state index in [1.807, 2.05) is 0 Å². The molecule has 2 aromatic carbocycles. The number of nitrogens with two attached hydrogens (primary N) is 1. The fraction of sp³-hybridized carbons (Fsp3) is 0.143. The third-order valence-electron chi connectivity index (χ3n) is 4.53. The summed E-state index contributed by atoms with van der Waals surface area (Å²) in [4.78, 5) is 7.86. The fourth-order valence-corrected chi connectivity index (χ4v) is 3.27. The van der Waals surface area contributed by atoms with E-state index < -0.39 is 34.9 Å². The smallest absolute Gasteiger partial charge is 0.674 e. The van der Waals surface area contributed by atoms with E-state index in [9.17, 15) is 32.2 Å². The van der Waals surface area contributed by atoms with Crippen molar-refractivity contribution in [2.45, 2.75) is 18.4 Å². The molecule has 186 valence electrons. The third kappa shape index (κ3) is 6.40. The number of benzene rings is 2. The Morgan fingerprint density at radius 1 is 1.19 bits per heavy atom. The maximum absolute atomic E-state index is 14.0. The molecule has 2 radical (unpaired) electrons. The van der Waals surface area contributed by atoms with Crippen molar-refractivity contribution < 1.29 is 53.2 Å². The van der Waals surface area contributed by atoms with Crippen LogP contribution in [0.4, 0.5) is 27.8 Å². The summed E-state index contributed by atoms with van der Waals surface area (Å²) in [6, 6.07) is 8.69. The number of halogens is 6. The van der Waals surface area contributed by atoms with Crippen molar-refractivity contribution in [3.8, 4) is 11.3 Å². The molecule has 0 atom stereocenters. The number of alkyl halides is 3. The average Bonchev–Trinajstić information content (AvgIpc) is 3.18. The van der Waals surface area contributed by atoms with Crippen LogP contribution in [0.2, 0.25) is 5.15 Å². The second-order valence-electron chi connectivity index (χ2n) is 7.09. The van der Waals surface area contributed by atoms with Crippen molar-refractivity contribution in [3.05, 3.63) is 88.1 Å². The molecule has 2 heterocycles. The summed E-state index contributed by atoms with van der Waals surface area (Å²) in [5.74, 6) is -2.01. The SMILES string of the molecule is [B]C(O)(O)c1nc(-c2cc[c-]cc2F)c2c(N)ncc(Cl)n12.[NH-]Cc1cc(F)cc(C(F)(F)F)c1.[W+2]. The van der Waals surface area contributed by atoms with E-state index in [0.717, 1.165) is 22.6 Å². The molecule has 0 fully saturated rings. The molecular weight excluding hydrogens is 679 g/mol. The topological polar surface area (TPSA) is 120 Å². The van der Waals surface area contributed by atoms with Crippen molar-refractivity contribution in [1.29, 1.82) is 0 Å². The van der Waals surface area contributed by atoms with E-state index in [1.54, 1.807) is 0 Å². The molecule has 0 saturated carbocycles. The third-order valence-corrected chi connectivity index (χ3v) is 4.80. The number of nitrogens with one attached hydrogen (secondary N) is 1. The first-order valence-electron chi connectivity index (χ1n) is 9.47. The molecule has 0 aliphatic heterocycles. The van der Waals surface area contributed by atoms with Gasteiger partial charge in [-0.05, 0) is 18.2 Å². The van der Waals surface area contributed by atoms with Crippen LogP contribution in [0.3, 0.4) is 0 Å². The Labute approximate surface area is 221 Å². The van der Waals surface area contributed by atoms with E-state index in [1.165, 1.54) is 18.3 Å². The average molecular weight is 693 g/mol. The van der Waals surface area contributed by atoms with Crippen LogP contribution in [0.5, 0.6) is 0 Å². The van der Waals surface area contributed by atoms with Crippen LogP contribution in [0, 0.1) is 17.7 Å². The first-order chi connectivity index (χ1) is 16.2. The van der Waals surface area contributed by atoms with Gasteiger partial charge in [0.1, 0.15) is 22.3 Å². The van der Waals surface area contributed by atoms with E-state index in [2.05, 4.69) is 16.0 Å². The molecule has 0 aliphatic rings. The van der Waals surface area contributed by atoms with E-state index in [0.29, 0.717) is 6.07 Å². The standard InChI is InChI=1S/C13H8BClFN4O2.C8H6F4N.W/c14-13(21,22)12-19-9(6-3-1-2-4-7(6)16)10-11(17)18-5-8(15)20(10)12;9-7-2-5(4-13)1-6(3-7)8(10,11)12;/h1,3-5,21-22H,(H2,17,18);1-3,13H,4H2;/q2*-1;+2. The Balaban J connectivity index is 0.000000281. The Bertz CT molecular complexity index is 1380. The molecule has 0 amide bonds. The molecule has 4 aromatic rings. The normalized spacial score (nSPS) is 11.6. The van der Waals surface area contributed by atoms with Crippen LogP contribution in [-0.2, 0) is 39.5 Å². The zero-order valence-corrected chi connectivity index (χ0v) is 21.5. The van der Waals surface area contributed by atoms with Crippen LogP contribution in [0.1, 0.15) is 17.0 Å². The summed E-state index contributed by atoms with van der Waals surface area (Å²) in [5.41, 5.74) is 9.01. The van der Waals surface area contributed by atoms with Crippen molar-refractivity contribution in [2.75, 3.05) is 5.73 Å². The largest absolute Gasteiger partial charge is 2.00 e. The Morgan fingerprint density at radius 2 is 1.86 bits per heavy atom. The molecule has 0 aliphatic carbocycles. The van der Waals surface area contributed by atoms with Crippen LogP contribution >= 0.6 is 11.6 Å². The van der Waals surface area contributed by atoms with Crippen LogP contribution in [0.25, 0.3) is 22.5 Å². The molecule has 0 bridgehead atoms. The first kappa shape index (κ1) is 29.7. The number of rotatable bonds is 3. The number of fused-ring (bicyclic) bond motifs is 1. The minimum atomic E-state index is -4.55. The van der Waals surface area contributed by atoms with Crippen LogP contribution < -0.4 is 5.73 Å². The summed E-state index contributed by atoms with van der Waals surface area (Å²) in [6.45, 7) is -0.360. The molecular formula is C21H14BClF5N5O2W. The minimum absolute atomic E-state index is 0. The van der Waals surface area contributed by atoms with Gasteiger partial charge in [-0.1, -0.05) is 22.7 Å². The predicted molar refractivity (Wildman–Crippen MR) is 118 cm³/mol. The van der Waals surface area contributed by atoms with Gasteiger partial charge in [0.15, 0.2) is 19.4 Å². The molecule has 15 heteroatoms. The van der Waals surface area contributed by atoms with Gasteiger partial charge >= 0.3 is 27.2 Å². The number of hydrogen-bond donors (Lipinski definition) is 3. The number of aromatic nitrogens is 3. The van der Waals surface area contributed by atoms with Crippen LogP contribution in [0.15, 0.2) is 42.6 Å². The zero-order chi connectivity index (χ0) is 26.1. The van der Waals surface area contributed by atoms with E-state index >= 15 is 0 Å². The second-order valence-corrected chi connectivity index (χ2v) is 7.48. The Morgan fingerprint density at radius 3 is 2.42 bits per heavy atom. The van der Waals surface area contributed by atoms with Gasteiger partial charge in [0.05, 0.1) is 17.5 Å². The molecule has 0 unspecified atom stereocenters. The van der Waals surface area contributed by atoms with Gasteiger partial charge < -0.3 is 21.7 Å². The molecule has 0 saturated heterocycles. The van der Waals surface area contributed by atoms with Gasteiger partial charge in [-0.2, -0.15) is 31.4 Å². The van der Waals surface area contributed by atoms with Crippen molar-refractivity contribution in [3.63, 3.8) is 0 Å². The molecule has 4 rings (SSSR count). The number of hydrogen-bond acceptors (Lipinski definition) is 5. The Hall–Kier alpha value is -2.57. The van der Waals surface area contributed by atoms with Crippen molar-refractivity contribution in [1.82, 2.24) is 14.4 Å². The number of imidazole rings is 1.